The summed E-state index contributed by atoms with van der Waals surface area (Å²) in [4.78, 5) is 0. The van der Waals surface area contributed by atoms with Crippen LogP contribution in [0.1, 0.15) is 0 Å². The maximum Gasteiger partial charge on any atom is 2.00 e. The molecule has 0 saturated carbocycles. The molecule has 0 fully saturated rings. The van der Waals surface area contributed by atoms with Crippen molar-refractivity contribution in [3.05, 3.63) is 0 Å². The molecular formula is CrKO4Pb+. The van der Waals surface area contributed by atoms with Gasteiger partial charge in [0.2, 0.25) is 0 Å². The van der Waals surface area contributed by atoms with Crippen molar-refractivity contribution >= 4 is 27.3 Å². The van der Waals surface area contributed by atoms with Crippen LogP contribution in [0, 0.1) is 0 Å². The Bertz CT molecular complexity index is 94.9. The van der Waals surface area contributed by atoms with Crippen LogP contribution in [0.15, 0.2) is 0 Å². The minimum Gasteiger partial charge on any atom is 2.00 e. The predicted octanol–water partition coefficient (Wildman–Crippen LogP) is -5.99. The fourth-order valence-corrected chi connectivity index (χ4v) is 0. The fraction of sp³-hybridized carbons (Fsp3) is 0. The maximum absolute atomic E-state index is 8.59. The Morgan fingerprint density at radius 3 is 1.14 bits per heavy atom. The second-order valence-corrected chi connectivity index (χ2v) is 1.68. The second-order valence-electron chi connectivity index (χ2n) is 0.408. The van der Waals surface area contributed by atoms with E-state index in [0.29, 0.717) is 0 Å². The Hall–Kier alpha value is 2.61. The molecule has 0 unspecified atom stereocenters. The van der Waals surface area contributed by atoms with Crippen LogP contribution in [0.25, 0.3) is 0 Å². The molecule has 0 aromatic carbocycles. The van der Waals surface area contributed by atoms with Crippen molar-refractivity contribution in [1.29, 1.82) is 0 Å². The standard InChI is InChI=1S/Cr.K.4O.Pb/q;+1;;;2*-1;+2. The maximum atomic E-state index is 8.59. The third-order valence-electron chi connectivity index (χ3n) is 0. The molecule has 0 aliphatic heterocycles. The fourth-order valence-electron chi connectivity index (χ4n) is 0. The van der Waals surface area contributed by atoms with Crippen LogP contribution in [0.4, 0.5) is 0 Å². The molecule has 0 aromatic rings. The van der Waals surface area contributed by atoms with Gasteiger partial charge in [-0.05, 0) is 0 Å². The SMILES string of the molecule is [K+].[O]=[Cr](=[O])([O-])[O-].[Pb+2]. The Labute approximate surface area is 106 Å². The molecule has 2 radical (unpaired) electrons. The largest absolute Gasteiger partial charge is 2.00 e. The van der Waals surface area contributed by atoms with Gasteiger partial charge in [0.25, 0.3) is 0 Å². The van der Waals surface area contributed by atoms with Crippen LogP contribution in [0.3, 0.4) is 0 Å². The molecule has 7 heavy (non-hydrogen) atoms. The number of rotatable bonds is 0. The van der Waals surface area contributed by atoms with Crippen LogP contribution in [0.2, 0.25) is 0 Å². The Balaban J connectivity index is -0.0000000800. The van der Waals surface area contributed by atoms with Crippen LogP contribution in [0.5, 0.6) is 0 Å². The van der Waals surface area contributed by atoms with Crippen LogP contribution >= 0.6 is 0 Å². The Kier molecular flexibility index (Phi) is 15.7. The van der Waals surface area contributed by atoms with Crippen LogP contribution in [-0.4, -0.2) is 27.3 Å². The first-order valence-electron chi connectivity index (χ1n) is 0.667. The average Bonchev–Trinajstić information content (AvgIpc) is 0.722. The van der Waals surface area contributed by atoms with E-state index in [0.717, 1.165) is 0 Å². The molecule has 7 heteroatoms. The third kappa shape index (κ3) is 55.2. The molecule has 0 saturated heterocycles. The van der Waals surface area contributed by atoms with E-state index in [2.05, 4.69) is 0 Å². The van der Waals surface area contributed by atoms with E-state index in [-0.39, 0.29) is 78.7 Å². The number of hydrogen-bond donors (Lipinski definition) is 0. The first-order valence-corrected chi connectivity index (χ1v) is 2.75. The van der Waals surface area contributed by atoms with Crippen molar-refractivity contribution in [2.75, 3.05) is 0 Å². The van der Waals surface area contributed by atoms with Gasteiger partial charge in [-0.15, -0.1) is 0 Å². The zero-order valence-electron chi connectivity index (χ0n) is 3.54. The summed E-state index contributed by atoms with van der Waals surface area (Å²) in [7, 11) is 0. The van der Waals surface area contributed by atoms with Crippen molar-refractivity contribution in [3.63, 3.8) is 0 Å². The molecule has 0 atom stereocenters. The van der Waals surface area contributed by atoms with Gasteiger partial charge in [0, 0.05) is 0 Å². The summed E-state index contributed by atoms with van der Waals surface area (Å²) in [6.45, 7) is 0. The topological polar surface area (TPSA) is 80.3 Å². The van der Waals surface area contributed by atoms with Crippen molar-refractivity contribution in [3.8, 4) is 0 Å². The van der Waals surface area contributed by atoms with E-state index >= 15 is 0 Å². The summed E-state index contributed by atoms with van der Waals surface area (Å²) >= 11 is -5.75. The van der Waals surface area contributed by atoms with Gasteiger partial charge >= 0.3 is 108 Å². The van der Waals surface area contributed by atoms with E-state index in [4.69, 9.17) is 15.9 Å². The summed E-state index contributed by atoms with van der Waals surface area (Å²) in [5.74, 6) is 0. The molecule has 0 aliphatic rings. The molecule has 0 rings (SSSR count). The normalized spacial score (nSPS) is 8.29. The van der Waals surface area contributed by atoms with Gasteiger partial charge in [-0.2, -0.15) is 0 Å². The first kappa shape index (κ1) is 16.3. The summed E-state index contributed by atoms with van der Waals surface area (Å²) in [5.41, 5.74) is 0. The average molecular weight is 362 g/mol. The smallest absolute Gasteiger partial charge is 2.00 e. The summed E-state index contributed by atoms with van der Waals surface area (Å²) in [6.07, 6.45) is 0. The molecule has 4 nitrogen and oxygen atoms in total. The van der Waals surface area contributed by atoms with E-state index in [1.807, 2.05) is 0 Å². The molecule has 0 heterocycles. The summed E-state index contributed by atoms with van der Waals surface area (Å²) in [5, 5.41) is 0. The van der Waals surface area contributed by atoms with Crippen molar-refractivity contribution < 1.29 is 80.9 Å². The van der Waals surface area contributed by atoms with Crippen molar-refractivity contribution in [2.45, 2.75) is 0 Å². The van der Waals surface area contributed by atoms with Crippen molar-refractivity contribution in [2.24, 2.45) is 0 Å². The molecule has 0 N–H and O–H groups in total. The van der Waals surface area contributed by atoms with Gasteiger partial charge in [-0.25, -0.2) is 0 Å². The van der Waals surface area contributed by atoms with Gasteiger partial charge in [0.05, 0.1) is 0 Å². The molecule has 34 valence electrons. The zero-order valence-corrected chi connectivity index (χ0v) is 11.8. The van der Waals surface area contributed by atoms with Crippen LogP contribution < -0.4 is 59.7 Å². The first-order chi connectivity index (χ1) is 2.00. The van der Waals surface area contributed by atoms with Crippen molar-refractivity contribution in [1.82, 2.24) is 0 Å². The minimum absolute atomic E-state index is 0. The zero-order chi connectivity index (χ0) is 4.50. The van der Waals surface area contributed by atoms with Gasteiger partial charge in [-0.3, -0.25) is 0 Å². The van der Waals surface area contributed by atoms with Gasteiger partial charge in [-0.1, -0.05) is 0 Å². The van der Waals surface area contributed by atoms with Gasteiger partial charge in [0.15, 0.2) is 0 Å². The molecule has 0 aliphatic carbocycles. The molecule has 0 bridgehead atoms. The van der Waals surface area contributed by atoms with Gasteiger partial charge in [0.1, 0.15) is 0 Å². The number of hydrogen-bond acceptors (Lipinski definition) is 4. The van der Waals surface area contributed by atoms with E-state index in [1.54, 1.807) is 0 Å². The second kappa shape index (κ2) is 6.73. The Morgan fingerprint density at radius 1 is 1.14 bits per heavy atom. The predicted molar refractivity (Wildman–Crippen MR) is 7.13 cm³/mol. The van der Waals surface area contributed by atoms with E-state index < -0.39 is 13.6 Å². The summed E-state index contributed by atoms with van der Waals surface area (Å²) in [6, 6.07) is 0. The van der Waals surface area contributed by atoms with E-state index in [1.165, 1.54) is 0 Å². The van der Waals surface area contributed by atoms with E-state index in [9.17, 15) is 0 Å². The van der Waals surface area contributed by atoms with Crippen LogP contribution in [-0.2, 0) is 21.2 Å². The molecular weight excluding hydrogens is 362 g/mol. The molecule has 0 amide bonds. The molecule has 0 aromatic heterocycles. The third-order valence-corrected chi connectivity index (χ3v) is 0. The quantitative estimate of drug-likeness (QED) is 0.402. The Morgan fingerprint density at radius 2 is 1.14 bits per heavy atom. The van der Waals surface area contributed by atoms with Gasteiger partial charge < -0.3 is 0 Å². The minimum atomic E-state index is -5.75. The molecule has 0 spiro atoms. The summed E-state index contributed by atoms with van der Waals surface area (Å²) < 4.78 is 34.4. The monoisotopic (exact) mass is 363 g/mol.